The van der Waals surface area contributed by atoms with Crippen LogP contribution in [0.3, 0.4) is 0 Å². The lowest BCUT2D eigenvalue weighted by Crippen LogP contribution is -2.55. The number of nitrogens with zero attached hydrogens (tertiary/aromatic N) is 3. The van der Waals surface area contributed by atoms with Crippen LogP contribution in [0.4, 0.5) is 5.69 Å². The molecule has 140 valence electrons. The quantitative estimate of drug-likeness (QED) is 0.762. The monoisotopic (exact) mass is 389 g/mol. The number of hydrogen-bond donors (Lipinski definition) is 0. The summed E-state index contributed by atoms with van der Waals surface area (Å²) in [4.78, 5) is 9.39. The molecule has 2 aliphatic heterocycles. The van der Waals surface area contributed by atoms with Crippen LogP contribution in [0.15, 0.2) is 35.7 Å². The molecule has 4 rings (SSSR count). The first kappa shape index (κ1) is 18.3. The number of hydrogen-bond acceptors (Lipinski definition) is 4. The average Bonchev–Trinajstić information content (AvgIpc) is 3.07. The van der Waals surface area contributed by atoms with Crippen molar-refractivity contribution in [3.05, 3.63) is 51.2 Å². The lowest BCUT2D eigenvalue weighted by molar-refractivity contribution is 0.0892. The van der Waals surface area contributed by atoms with Crippen molar-refractivity contribution in [3.8, 4) is 0 Å². The standard InChI is InChI=1S/C21H28ClN3S/c1-17-7-13-26-21(17)16-23-8-3-6-20(15-23)25-11-9-24(10-12-25)19-5-2-4-18(22)14-19/h2,4-5,7,13-14,20H,3,6,8-12,15-16H2,1H3/t20-/m0/s1. The van der Waals surface area contributed by atoms with Crippen LogP contribution in [0.25, 0.3) is 0 Å². The Labute approximate surface area is 166 Å². The van der Waals surface area contributed by atoms with Gasteiger partial charge in [0.05, 0.1) is 0 Å². The first-order valence-corrected chi connectivity index (χ1v) is 10.9. The number of aryl methyl sites for hydroxylation is 1. The molecule has 26 heavy (non-hydrogen) atoms. The summed E-state index contributed by atoms with van der Waals surface area (Å²) < 4.78 is 0. The van der Waals surface area contributed by atoms with E-state index in [2.05, 4.69) is 51.3 Å². The largest absolute Gasteiger partial charge is 0.369 e. The lowest BCUT2D eigenvalue weighted by atomic mass is 10.0. The molecule has 0 N–H and O–H groups in total. The molecule has 1 atom stereocenters. The molecule has 0 unspecified atom stereocenters. The molecule has 3 nitrogen and oxygen atoms in total. The van der Waals surface area contributed by atoms with Crippen LogP contribution in [-0.4, -0.2) is 55.1 Å². The van der Waals surface area contributed by atoms with Crippen molar-refractivity contribution in [1.29, 1.82) is 0 Å². The summed E-state index contributed by atoms with van der Waals surface area (Å²) in [6, 6.07) is 11.2. The molecule has 2 aliphatic rings. The molecule has 2 aromatic rings. The SMILES string of the molecule is Cc1ccsc1CN1CCC[C@H](N2CCN(c3cccc(Cl)c3)CC2)C1. The van der Waals surface area contributed by atoms with Crippen molar-refractivity contribution in [2.45, 2.75) is 32.4 Å². The summed E-state index contributed by atoms with van der Waals surface area (Å²) in [7, 11) is 0. The maximum atomic E-state index is 6.16. The summed E-state index contributed by atoms with van der Waals surface area (Å²) >= 11 is 8.06. The summed E-state index contributed by atoms with van der Waals surface area (Å²) in [6.07, 6.45) is 2.67. The van der Waals surface area contributed by atoms with Crippen molar-refractivity contribution < 1.29 is 0 Å². The van der Waals surface area contributed by atoms with E-state index in [4.69, 9.17) is 11.6 Å². The third kappa shape index (κ3) is 4.25. The van der Waals surface area contributed by atoms with Crippen molar-refractivity contribution in [2.24, 2.45) is 0 Å². The second-order valence-corrected chi connectivity index (χ2v) is 9.00. The predicted molar refractivity (Wildman–Crippen MR) is 113 cm³/mol. The summed E-state index contributed by atoms with van der Waals surface area (Å²) in [5.74, 6) is 0. The van der Waals surface area contributed by atoms with Crippen molar-refractivity contribution >= 4 is 28.6 Å². The Morgan fingerprint density at radius 1 is 1.12 bits per heavy atom. The van der Waals surface area contributed by atoms with E-state index in [9.17, 15) is 0 Å². The third-order valence-corrected chi connectivity index (χ3v) is 7.06. The maximum Gasteiger partial charge on any atom is 0.0426 e. The van der Waals surface area contributed by atoms with Gasteiger partial charge in [-0.1, -0.05) is 17.7 Å². The van der Waals surface area contributed by atoms with Gasteiger partial charge in [-0.3, -0.25) is 9.80 Å². The zero-order chi connectivity index (χ0) is 17.9. The first-order valence-electron chi connectivity index (χ1n) is 9.69. The molecule has 0 spiro atoms. The van der Waals surface area contributed by atoms with Gasteiger partial charge in [0.25, 0.3) is 0 Å². The van der Waals surface area contributed by atoms with Gasteiger partial charge in [-0.2, -0.15) is 0 Å². The second-order valence-electron chi connectivity index (χ2n) is 7.56. The van der Waals surface area contributed by atoms with Crippen LogP contribution in [0.2, 0.25) is 5.02 Å². The lowest BCUT2D eigenvalue weighted by Gasteiger charge is -2.44. The maximum absolute atomic E-state index is 6.16. The van der Waals surface area contributed by atoms with Crippen LogP contribution in [0.1, 0.15) is 23.3 Å². The Morgan fingerprint density at radius 3 is 2.69 bits per heavy atom. The molecule has 1 aromatic carbocycles. The van der Waals surface area contributed by atoms with Crippen LogP contribution >= 0.6 is 22.9 Å². The van der Waals surface area contributed by atoms with Gasteiger partial charge >= 0.3 is 0 Å². The topological polar surface area (TPSA) is 9.72 Å². The van der Waals surface area contributed by atoms with Gasteiger partial charge in [0.1, 0.15) is 0 Å². The summed E-state index contributed by atoms with van der Waals surface area (Å²) in [5, 5.41) is 3.05. The fourth-order valence-corrected chi connectivity index (χ4v) is 5.39. The Morgan fingerprint density at radius 2 is 1.96 bits per heavy atom. The molecular weight excluding hydrogens is 362 g/mol. The van der Waals surface area contributed by atoms with Crippen LogP contribution < -0.4 is 4.90 Å². The van der Waals surface area contributed by atoms with E-state index in [1.807, 2.05) is 17.4 Å². The van der Waals surface area contributed by atoms with E-state index in [-0.39, 0.29) is 0 Å². The van der Waals surface area contributed by atoms with Gasteiger partial charge in [-0.15, -0.1) is 11.3 Å². The molecular formula is C21H28ClN3S. The molecule has 0 saturated carbocycles. The number of piperidine rings is 1. The Bertz CT molecular complexity index is 724. The van der Waals surface area contributed by atoms with E-state index in [1.165, 1.54) is 42.1 Å². The highest BCUT2D eigenvalue weighted by atomic mass is 35.5. The average molecular weight is 390 g/mol. The Hall–Kier alpha value is -1.07. The zero-order valence-corrected chi connectivity index (χ0v) is 17.1. The minimum atomic E-state index is 0.713. The van der Waals surface area contributed by atoms with Crippen LogP contribution in [0, 0.1) is 6.92 Å². The fraction of sp³-hybridized carbons (Fsp3) is 0.524. The minimum absolute atomic E-state index is 0.713. The van der Waals surface area contributed by atoms with Crippen LogP contribution in [0.5, 0.6) is 0 Å². The van der Waals surface area contributed by atoms with E-state index in [0.717, 1.165) is 37.7 Å². The van der Waals surface area contributed by atoms with Gasteiger partial charge in [0.15, 0.2) is 0 Å². The predicted octanol–water partition coefficient (Wildman–Crippen LogP) is 4.50. The third-order valence-electron chi connectivity index (χ3n) is 5.82. The van der Waals surface area contributed by atoms with E-state index >= 15 is 0 Å². The van der Waals surface area contributed by atoms with E-state index in [0.29, 0.717) is 6.04 Å². The molecule has 5 heteroatoms. The molecule has 0 bridgehead atoms. The van der Waals surface area contributed by atoms with E-state index in [1.54, 1.807) is 0 Å². The molecule has 3 heterocycles. The molecule has 1 aromatic heterocycles. The van der Waals surface area contributed by atoms with Gasteiger partial charge in [-0.05, 0) is 61.5 Å². The molecule has 0 aliphatic carbocycles. The summed E-state index contributed by atoms with van der Waals surface area (Å²) in [5.41, 5.74) is 2.71. The number of thiophene rings is 1. The highest BCUT2D eigenvalue weighted by Crippen LogP contribution is 2.25. The number of likely N-dealkylation sites (tertiary alicyclic amines) is 1. The minimum Gasteiger partial charge on any atom is -0.369 e. The number of benzene rings is 1. The fourth-order valence-electron chi connectivity index (χ4n) is 4.26. The smallest absolute Gasteiger partial charge is 0.0426 e. The Kier molecular flexibility index (Phi) is 5.84. The number of halogens is 1. The van der Waals surface area contributed by atoms with Gasteiger partial charge < -0.3 is 4.90 Å². The molecule has 2 saturated heterocycles. The number of piperazine rings is 1. The van der Waals surface area contributed by atoms with E-state index < -0.39 is 0 Å². The van der Waals surface area contributed by atoms with Gasteiger partial charge in [0, 0.05) is 60.9 Å². The molecule has 0 amide bonds. The molecule has 0 radical (unpaired) electrons. The van der Waals surface area contributed by atoms with Gasteiger partial charge in [0.2, 0.25) is 0 Å². The number of rotatable bonds is 4. The highest BCUT2D eigenvalue weighted by Gasteiger charge is 2.28. The highest BCUT2D eigenvalue weighted by molar-refractivity contribution is 7.10. The zero-order valence-electron chi connectivity index (χ0n) is 15.5. The Balaban J connectivity index is 1.32. The van der Waals surface area contributed by atoms with Crippen molar-refractivity contribution in [1.82, 2.24) is 9.80 Å². The number of anilines is 1. The van der Waals surface area contributed by atoms with Crippen molar-refractivity contribution in [3.63, 3.8) is 0 Å². The second kappa shape index (κ2) is 8.30. The first-order chi connectivity index (χ1) is 12.7. The summed E-state index contributed by atoms with van der Waals surface area (Å²) in [6.45, 7) is 10.3. The normalized spacial score (nSPS) is 22.7. The molecule has 2 fully saturated rings. The van der Waals surface area contributed by atoms with Crippen molar-refractivity contribution in [2.75, 3.05) is 44.2 Å². The van der Waals surface area contributed by atoms with Gasteiger partial charge in [-0.25, -0.2) is 0 Å². The van der Waals surface area contributed by atoms with Crippen LogP contribution in [-0.2, 0) is 6.54 Å².